The van der Waals surface area contributed by atoms with E-state index in [2.05, 4.69) is 0 Å². The maximum Gasteiger partial charge on any atom is 0.318 e. The van der Waals surface area contributed by atoms with Crippen LogP contribution in [0.2, 0.25) is 0 Å². The minimum Gasteiger partial charge on any atom is -0.480 e. The van der Waals surface area contributed by atoms with E-state index in [4.69, 9.17) is 5.11 Å². The quantitative estimate of drug-likeness (QED) is 0.851. The number of carboxylic acids is 1. The maximum absolute atomic E-state index is 13.4. The Morgan fingerprint density at radius 3 is 2.82 bits per heavy atom. The molecule has 2 rings (SSSR count). The molecule has 5 nitrogen and oxygen atoms in total. The van der Waals surface area contributed by atoms with Gasteiger partial charge in [-0.2, -0.15) is 0 Å². The summed E-state index contributed by atoms with van der Waals surface area (Å²) in [6.45, 7) is 3.70. The molecule has 1 aliphatic rings. The van der Waals surface area contributed by atoms with Crippen molar-refractivity contribution in [3.8, 4) is 0 Å². The van der Waals surface area contributed by atoms with Crippen molar-refractivity contribution in [2.24, 2.45) is 0 Å². The first-order valence-corrected chi connectivity index (χ1v) is 8.93. The minimum atomic E-state index is -3.58. The van der Waals surface area contributed by atoms with Crippen molar-refractivity contribution in [3.63, 3.8) is 0 Å². The highest BCUT2D eigenvalue weighted by molar-refractivity contribution is 7.92. The molecule has 7 heteroatoms. The summed E-state index contributed by atoms with van der Waals surface area (Å²) in [6, 6.07) is 6.48. The Hall–Kier alpha value is -1.47. The van der Waals surface area contributed by atoms with Gasteiger partial charge in [0.05, 0.1) is 5.75 Å². The number of aliphatic carboxylic acids is 1. The van der Waals surface area contributed by atoms with Crippen LogP contribution in [0.4, 0.5) is 4.39 Å². The first-order valence-electron chi connectivity index (χ1n) is 7.11. The fourth-order valence-corrected chi connectivity index (χ4v) is 3.93. The second-order valence-electron chi connectivity index (χ2n) is 6.08. The lowest BCUT2D eigenvalue weighted by molar-refractivity contribution is -0.134. The van der Waals surface area contributed by atoms with E-state index in [0.29, 0.717) is 13.1 Å². The third kappa shape index (κ3) is 4.27. The van der Waals surface area contributed by atoms with E-state index >= 15 is 0 Å². The van der Waals surface area contributed by atoms with Gasteiger partial charge in [-0.25, -0.2) is 12.8 Å². The Morgan fingerprint density at radius 2 is 2.18 bits per heavy atom. The van der Waals surface area contributed by atoms with E-state index in [0.717, 1.165) is 18.5 Å². The predicted octanol–water partition coefficient (Wildman–Crippen LogP) is 1.29. The second-order valence-corrected chi connectivity index (χ2v) is 8.27. The predicted molar refractivity (Wildman–Crippen MR) is 81.1 cm³/mol. The molecule has 0 saturated carbocycles. The Kier molecular flexibility index (Phi) is 4.87. The van der Waals surface area contributed by atoms with Gasteiger partial charge >= 0.3 is 5.97 Å². The molecule has 0 aromatic heterocycles. The number of carboxylic acid groups (broad SMARTS) is 1. The van der Waals surface area contributed by atoms with Crippen LogP contribution in [0, 0.1) is 5.82 Å². The van der Waals surface area contributed by atoms with Crippen molar-refractivity contribution in [2.75, 3.05) is 31.1 Å². The lowest BCUT2D eigenvalue weighted by Crippen LogP contribution is -2.33. The number of likely N-dealkylation sites (tertiary alicyclic amines) is 1. The zero-order valence-electron chi connectivity index (χ0n) is 12.5. The summed E-state index contributed by atoms with van der Waals surface area (Å²) in [4.78, 5) is 12.5. The molecular formula is C15H20FNO4S. The molecule has 0 amide bonds. The summed E-state index contributed by atoms with van der Waals surface area (Å²) in [5.41, 5.74) is 0.696. The monoisotopic (exact) mass is 329 g/mol. The summed E-state index contributed by atoms with van der Waals surface area (Å²) in [6.07, 6.45) is 0.815. The van der Waals surface area contributed by atoms with E-state index < -0.39 is 21.6 Å². The smallest absolute Gasteiger partial charge is 0.318 e. The number of sulfone groups is 1. The van der Waals surface area contributed by atoms with Crippen molar-refractivity contribution in [1.29, 1.82) is 0 Å². The topological polar surface area (TPSA) is 74.7 Å². The van der Waals surface area contributed by atoms with Crippen molar-refractivity contribution >= 4 is 15.8 Å². The summed E-state index contributed by atoms with van der Waals surface area (Å²) >= 11 is 0. The molecule has 0 bridgehead atoms. The summed E-state index contributed by atoms with van der Waals surface area (Å²) in [5, 5.41) is 8.57. The lowest BCUT2D eigenvalue weighted by Gasteiger charge is -2.25. The highest BCUT2D eigenvalue weighted by Gasteiger charge is 2.35. The van der Waals surface area contributed by atoms with Gasteiger partial charge in [0, 0.05) is 18.5 Å². The molecule has 1 heterocycles. The average Bonchev–Trinajstić information content (AvgIpc) is 2.79. The number of benzene rings is 1. The van der Waals surface area contributed by atoms with Crippen LogP contribution < -0.4 is 0 Å². The summed E-state index contributed by atoms with van der Waals surface area (Å²) in [5.74, 6) is -2.60. The molecule has 1 atom stereocenters. The zero-order chi connectivity index (χ0) is 16.4. The van der Waals surface area contributed by atoms with Crippen molar-refractivity contribution in [2.45, 2.75) is 18.8 Å². The third-order valence-corrected chi connectivity index (χ3v) is 5.63. The van der Waals surface area contributed by atoms with Gasteiger partial charge in [0.15, 0.2) is 9.84 Å². The van der Waals surface area contributed by atoms with E-state index in [9.17, 15) is 17.6 Å². The van der Waals surface area contributed by atoms with Crippen LogP contribution in [0.1, 0.15) is 18.9 Å². The molecule has 1 aromatic carbocycles. The molecule has 1 fully saturated rings. The van der Waals surface area contributed by atoms with Gasteiger partial charge in [0.1, 0.15) is 11.6 Å². The van der Waals surface area contributed by atoms with Crippen LogP contribution in [0.5, 0.6) is 0 Å². The largest absolute Gasteiger partial charge is 0.480 e. The second kappa shape index (κ2) is 6.34. The van der Waals surface area contributed by atoms with Gasteiger partial charge in [0.25, 0.3) is 0 Å². The number of halogens is 1. The molecule has 1 unspecified atom stereocenters. The van der Waals surface area contributed by atoms with E-state index in [-0.39, 0.29) is 17.0 Å². The van der Waals surface area contributed by atoms with Crippen LogP contribution in [0.25, 0.3) is 0 Å². The Bertz CT molecular complexity index is 661. The molecular weight excluding hydrogens is 309 g/mol. The van der Waals surface area contributed by atoms with Crippen molar-refractivity contribution < 1.29 is 22.7 Å². The van der Waals surface area contributed by atoms with Crippen LogP contribution in [0.15, 0.2) is 24.3 Å². The number of hydrogen-bond donors (Lipinski definition) is 1. The molecule has 1 aromatic rings. The highest BCUT2D eigenvalue weighted by Crippen LogP contribution is 2.34. The fraction of sp³-hybridized carbons (Fsp3) is 0.533. The van der Waals surface area contributed by atoms with E-state index in [1.807, 2.05) is 17.9 Å². The molecule has 1 saturated heterocycles. The molecule has 0 aliphatic carbocycles. The SMILES string of the molecule is CC1(c2cccc(F)c2)CCN(CCS(=O)(=O)CC(=O)O)C1. The van der Waals surface area contributed by atoms with Crippen LogP contribution in [-0.2, 0) is 20.0 Å². The van der Waals surface area contributed by atoms with Crippen molar-refractivity contribution in [3.05, 3.63) is 35.6 Å². The van der Waals surface area contributed by atoms with E-state index in [1.54, 1.807) is 6.07 Å². The van der Waals surface area contributed by atoms with Gasteiger partial charge in [-0.15, -0.1) is 0 Å². The average molecular weight is 329 g/mol. The highest BCUT2D eigenvalue weighted by atomic mass is 32.2. The van der Waals surface area contributed by atoms with Gasteiger partial charge in [-0.1, -0.05) is 19.1 Å². The molecule has 1 N–H and O–H groups in total. The van der Waals surface area contributed by atoms with Crippen molar-refractivity contribution in [1.82, 2.24) is 4.90 Å². The van der Waals surface area contributed by atoms with Gasteiger partial charge < -0.3 is 10.0 Å². The zero-order valence-corrected chi connectivity index (χ0v) is 13.3. The maximum atomic E-state index is 13.4. The normalized spacial score (nSPS) is 22.8. The Labute approximate surface area is 129 Å². The molecule has 22 heavy (non-hydrogen) atoms. The molecule has 122 valence electrons. The minimum absolute atomic E-state index is 0.168. The summed E-state index contributed by atoms with van der Waals surface area (Å²) in [7, 11) is -3.58. The van der Waals surface area contributed by atoms with Crippen LogP contribution in [-0.4, -0.2) is 55.5 Å². The number of rotatable bonds is 6. The molecule has 0 radical (unpaired) electrons. The van der Waals surface area contributed by atoms with E-state index in [1.165, 1.54) is 12.1 Å². The van der Waals surface area contributed by atoms with Crippen LogP contribution in [0.3, 0.4) is 0 Å². The van der Waals surface area contributed by atoms with Gasteiger partial charge in [0.2, 0.25) is 0 Å². The summed E-state index contributed by atoms with van der Waals surface area (Å²) < 4.78 is 36.6. The Balaban J connectivity index is 1.97. The molecule has 0 spiro atoms. The number of nitrogens with zero attached hydrogens (tertiary/aromatic N) is 1. The number of carbonyl (C=O) groups is 1. The molecule has 1 aliphatic heterocycles. The van der Waals surface area contributed by atoms with Gasteiger partial charge in [-0.3, -0.25) is 4.79 Å². The third-order valence-electron chi connectivity index (χ3n) is 4.14. The first-order chi connectivity index (χ1) is 10.2. The van der Waals surface area contributed by atoms with Crippen LogP contribution >= 0.6 is 0 Å². The first kappa shape index (κ1) is 16.9. The standard InChI is InChI=1S/C15H20FNO4S/c1-15(12-3-2-4-13(16)9-12)5-6-17(11-15)7-8-22(20,21)10-14(18)19/h2-4,9H,5-8,10-11H2,1H3,(H,18,19). The fourth-order valence-electron chi connectivity index (χ4n) is 2.88. The van der Waals surface area contributed by atoms with Gasteiger partial charge in [-0.05, 0) is 30.7 Å². The lowest BCUT2D eigenvalue weighted by atomic mass is 9.82. The Morgan fingerprint density at radius 1 is 1.45 bits per heavy atom. The number of hydrogen-bond acceptors (Lipinski definition) is 4.